The summed E-state index contributed by atoms with van der Waals surface area (Å²) >= 11 is 1.35. The maximum atomic E-state index is 11.9. The van der Waals surface area contributed by atoms with E-state index in [1.54, 1.807) is 6.07 Å². The summed E-state index contributed by atoms with van der Waals surface area (Å²) in [5.74, 6) is -0.415. The lowest BCUT2D eigenvalue weighted by atomic mass is 10.1. The van der Waals surface area contributed by atoms with Crippen molar-refractivity contribution in [3.63, 3.8) is 0 Å². The van der Waals surface area contributed by atoms with Crippen LogP contribution in [0.4, 0.5) is 0 Å². The van der Waals surface area contributed by atoms with Gasteiger partial charge in [-0.2, -0.15) is 0 Å². The fourth-order valence-electron chi connectivity index (χ4n) is 2.07. The van der Waals surface area contributed by atoms with E-state index in [2.05, 4.69) is 29.7 Å². The highest BCUT2D eigenvalue weighted by Gasteiger charge is 2.12. The molecule has 0 spiro atoms. The molecule has 0 aliphatic rings. The topological polar surface area (TPSA) is 58.2 Å². The second-order valence-corrected chi connectivity index (χ2v) is 5.99. The van der Waals surface area contributed by atoms with Crippen molar-refractivity contribution in [2.75, 3.05) is 6.54 Å². The van der Waals surface area contributed by atoms with E-state index in [1.165, 1.54) is 16.9 Å². The van der Waals surface area contributed by atoms with E-state index in [1.807, 2.05) is 30.5 Å². The molecule has 0 saturated carbocycles. The van der Waals surface area contributed by atoms with Crippen LogP contribution >= 0.6 is 11.3 Å². The van der Waals surface area contributed by atoms with E-state index in [9.17, 15) is 9.59 Å². The molecule has 1 atom stereocenters. The van der Waals surface area contributed by atoms with Crippen molar-refractivity contribution in [3.05, 3.63) is 57.8 Å². The number of thiophene rings is 1. The van der Waals surface area contributed by atoms with Crippen LogP contribution in [0.2, 0.25) is 0 Å². The first kappa shape index (κ1) is 16.2. The zero-order chi connectivity index (χ0) is 15.9. The molecule has 0 aliphatic heterocycles. The summed E-state index contributed by atoms with van der Waals surface area (Å²) in [4.78, 5) is 24.3. The summed E-state index contributed by atoms with van der Waals surface area (Å²) in [6.45, 7) is 4.02. The highest BCUT2D eigenvalue weighted by atomic mass is 32.1. The number of benzene rings is 1. The number of amides is 2. The standard InChI is InChI=1S/C17H20N2O2S/c1-3-13-6-8-14(9-7-13)12(2)19-16(20)11-18-17(21)15-5-4-10-22-15/h4-10,12H,3,11H2,1-2H3,(H,18,21)(H,19,20)/t12-/m1/s1. The maximum Gasteiger partial charge on any atom is 0.261 e. The number of carbonyl (C=O) groups is 2. The first-order chi connectivity index (χ1) is 10.6. The molecule has 0 radical (unpaired) electrons. The molecule has 1 aromatic carbocycles. The lowest BCUT2D eigenvalue weighted by Gasteiger charge is -2.15. The maximum absolute atomic E-state index is 11.9. The third-order valence-electron chi connectivity index (χ3n) is 3.42. The molecule has 2 aromatic rings. The Morgan fingerprint density at radius 1 is 1.18 bits per heavy atom. The third-order valence-corrected chi connectivity index (χ3v) is 4.29. The Balaban J connectivity index is 1.81. The average Bonchev–Trinajstić information content (AvgIpc) is 3.07. The predicted molar refractivity (Wildman–Crippen MR) is 89.0 cm³/mol. The van der Waals surface area contributed by atoms with E-state index in [-0.39, 0.29) is 24.4 Å². The number of carbonyl (C=O) groups excluding carboxylic acids is 2. The quantitative estimate of drug-likeness (QED) is 0.861. The Hall–Kier alpha value is -2.14. The summed E-state index contributed by atoms with van der Waals surface area (Å²) in [5, 5.41) is 7.33. The largest absolute Gasteiger partial charge is 0.348 e. The molecule has 116 valence electrons. The number of nitrogens with one attached hydrogen (secondary N) is 2. The Labute approximate surface area is 134 Å². The molecule has 2 amide bonds. The molecule has 1 aromatic heterocycles. The second kappa shape index (κ2) is 7.75. The van der Waals surface area contributed by atoms with Gasteiger partial charge >= 0.3 is 0 Å². The number of aryl methyl sites for hydroxylation is 1. The molecular formula is C17H20N2O2S. The van der Waals surface area contributed by atoms with Gasteiger partial charge in [0.2, 0.25) is 5.91 Å². The summed E-state index contributed by atoms with van der Waals surface area (Å²) in [7, 11) is 0. The Bertz CT molecular complexity index is 621. The van der Waals surface area contributed by atoms with Crippen molar-refractivity contribution in [2.24, 2.45) is 0 Å². The minimum absolute atomic E-state index is 0.0197. The van der Waals surface area contributed by atoms with E-state index in [0.717, 1.165) is 12.0 Å². The van der Waals surface area contributed by atoms with Crippen LogP contribution in [0, 0.1) is 0 Å². The number of hydrogen-bond donors (Lipinski definition) is 2. The first-order valence-electron chi connectivity index (χ1n) is 7.30. The Morgan fingerprint density at radius 3 is 2.50 bits per heavy atom. The van der Waals surface area contributed by atoms with Crippen molar-refractivity contribution in [1.82, 2.24) is 10.6 Å². The molecule has 0 saturated heterocycles. The van der Waals surface area contributed by atoms with Crippen molar-refractivity contribution in [1.29, 1.82) is 0 Å². The minimum atomic E-state index is -0.217. The molecule has 0 bridgehead atoms. The van der Waals surface area contributed by atoms with Crippen LogP contribution in [0.3, 0.4) is 0 Å². The lowest BCUT2D eigenvalue weighted by molar-refractivity contribution is -0.120. The molecule has 5 heteroatoms. The minimum Gasteiger partial charge on any atom is -0.348 e. The Morgan fingerprint density at radius 2 is 1.91 bits per heavy atom. The van der Waals surface area contributed by atoms with Gasteiger partial charge in [0, 0.05) is 0 Å². The smallest absolute Gasteiger partial charge is 0.261 e. The molecule has 2 rings (SSSR count). The SMILES string of the molecule is CCc1ccc([C@@H](C)NC(=O)CNC(=O)c2cccs2)cc1. The molecular weight excluding hydrogens is 296 g/mol. The van der Waals surface area contributed by atoms with Crippen molar-refractivity contribution in [3.8, 4) is 0 Å². The van der Waals surface area contributed by atoms with Crippen molar-refractivity contribution >= 4 is 23.2 Å². The van der Waals surface area contributed by atoms with Gasteiger partial charge in [0.05, 0.1) is 17.5 Å². The molecule has 0 fully saturated rings. The molecule has 22 heavy (non-hydrogen) atoms. The van der Waals surface area contributed by atoms with Gasteiger partial charge in [-0.25, -0.2) is 0 Å². The van der Waals surface area contributed by atoms with Crippen LogP contribution < -0.4 is 10.6 Å². The van der Waals surface area contributed by atoms with E-state index < -0.39 is 0 Å². The van der Waals surface area contributed by atoms with Gasteiger partial charge in [-0.15, -0.1) is 11.3 Å². The van der Waals surface area contributed by atoms with Crippen LogP contribution in [-0.2, 0) is 11.2 Å². The van der Waals surface area contributed by atoms with Gasteiger partial charge in [-0.1, -0.05) is 37.3 Å². The van der Waals surface area contributed by atoms with E-state index in [4.69, 9.17) is 0 Å². The van der Waals surface area contributed by atoms with Crippen LogP contribution in [0.5, 0.6) is 0 Å². The summed E-state index contributed by atoms with van der Waals surface area (Å²) in [6, 6.07) is 11.6. The van der Waals surface area contributed by atoms with Crippen molar-refractivity contribution < 1.29 is 9.59 Å². The summed E-state index contributed by atoms with van der Waals surface area (Å²) in [5.41, 5.74) is 2.32. The van der Waals surface area contributed by atoms with Gasteiger partial charge in [-0.05, 0) is 35.9 Å². The first-order valence-corrected chi connectivity index (χ1v) is 8.18. The third kappa shape index (κ3) is 4.43. The van der Waals surface area contributed by atoms with Gasteiger partial charge in [0.1, 0.15) is 0 Å². The van der Waals surface area contributed by atoms with Gasteiger partial charge < -0.3 is 10.6 Å². The molecule has 2 N–H and O–H groups in total. The Kier molecular flexibility index (Phi) is 5.72. The van der Waals surface area contributed by atoms with Crippen LogP contribution in [0.1, 0.15) is 40.7 Å². The van der Waals surface area contributed by atoms with Gasteiger partial charge in [0.15, 0.2) is 0 Å². The highest BCUT2D eigenvalue weighted by Crippen LogP contribution is 2.13. The fraction of sp³-hybridized carbons (Fsp3) is 0.294. The zero-order valence-corrected chi connectivity index (χ0v) is 13.6. The predicted octanol–water partition coefficient (Wildman–Crippen LogP) is 2.92. The molecule has 0 aliphatic carbocycles. The van der Waals surface area contributed by atoms with E-state index in [0.29, 0.717) is 4.88 Å². The average molecular weight is 316 g/mol. The second-order valence-electron chi connectivity index (χ2n) is 5.04. The fourth-order valence-corrected chi connectivity index (χ4v) is 2.71. The van der Waals surface area contributed by atoms with Crippen LogP contribution in [0.15, 0.2) is 41.8 Å². The molecule has 1 heterocycles. The lowest BCUT2D eigenvalue weighted by Crippen LogP contribution is -2.37. The summed E-state index contributed by atoms with van der Waals surface area (Å²) < 4.78 is 0. The molecule has 0 unspecified atom stereocenters. The highest BCUT2D eigenvalue weighted by molar-refractivity contribution is 7.12. The van der Waals surface area contributed by atoms with Crippen LogP contribution in [-0.4, -0.2) is 18.4 Å². The summed E-state index contributed by atoms with van der Waals surface area (Å²) in [6.07, 6.45) is 0.996. The molecule has 4 nitrogen and oxygen atoms in total. The van der Waals surface area contributed by atoms with Gasteiger partial charge in [0.25, 0.3) is 5.91 Å². The zero-order valence-electron chi connectivity index (χ0n) is 12.8. The van der Waals surface area contributed by atoms with Crippen LogP contribution in [0.25, 0.3) is 0 Å². The number of rotatable bonds is 6. The number of hydrogen-bond acceptors (Lipinski definition) is 3. The van der Waals surface area contributed by atoms with Gasteiger partial charge in [-0.3, -0.25) is 9.59 Å². The normalized spacial score (nSPS) is 11.7. The van der Waals surface area contributed by atoms with Crippen molar-refractivity contribution in [2.45, 2.75) is 26.3 Å². The van der Waals surface area contributed by atoms with E-state index >= 15 is 0 Å². The monoisotopic (exact) mass is 316 g/mol.